The lowest BCUT2D eigenvalue weighted by Gasteiger charge is -2.13. The summed E-state index contributed by atoms with van der Waals surface area (Å²) >= 11 is 0. The highest BCUT2D eigenvalue weighted by atomic mass is 32.2. The summed E-state index contributed by atoms with van der Waals surface area (Å²) in [6.45, 7) is 3.10. The number of rotatable bonds is 5. The number of aryl methyl sites for hydroxylation is 2. The number of alkyl halides is 3. The van der Waals surface area contributed by atoms with Crippen molar-refractivity contribution in [1.29, 1.82) is 0 Å². The molecule has 2 aromatic carbocycles. The van der Waals surface area contributed by atoms with Crippen LogP contribution in [-0.4, -0.2) is 15.5 Å². The molecular formula is C17H18F3NO3S. The molecule has 1 N–H and O–H groups in total. The van der Waals surface area contributed by atoms with Crippen LogP contribution in [0.15, 0.2) is 41.3 Å². The van der Waals surface area contributed by atoms with Crippen LogP contribution in [0.3, 0.4) is 0 Å². The largest absolute Gasteiger partial charge is 0.496 e. The first-order chi connectivity index (χ1) is 11.5. The summed E-state index contributed by atoms with van der Waals surface area (Å²) in [7, 11) is -2.38. The van der Waals surface area contributed by atoms with Crippen molar-refractivity contribution in [3.8, 4) is 5.75 Å². The molecule has 0 fully saturated rings. The average Bonchev–Trinajstić information content (AvgIpc) is 2.54. The van der Waals surface area contributed by atoms with Crippen LogP contribution in [0.5, 0.6) is 5.75 Å². The molecule has 0 aliphatic heterocycles. The quantitative estimate of drug-likeness (QED) is 0.867. The zero-order valence-corrected chi connectivity index (χ0v) is 14.8. The lowest BCUT2D eigenvalue weighted by molar-refractivity contribution is -0.137. The smallest absolute Gasteiger partial charge is 0.416 e. The van der Waals surface area contributed by atoms with Crippen LogP contribution in [0.1, 0.15) is 22.3 Å². The predicted octanol–water partition coefficient (Wildman–Crippen LogP) is 3.81. The van der Waals surface area contributed by atoms with Gasteiger partial charge in [0.25, 0.3) is 0 Å². The highest BCUT2D eigenvalue weighted by Crippen LogP contribution is 2.30. The van der Waals surface area contributed by atoms with E-state index in [0.29, 0.717) is 16.9 Å². The number of methoxy groups -OCH3 is 1. The van der Waals surface area contributed by atoms with Gasteiger partial charge < -0.3 is 4.74 Å². The summed E-state index contributed by atoms with van der Waals surface area (Å²) in [4.78, 5) is 0.0674. The van der Waals surface area contributed by atoms with Crippen molar-refractivity contribution in [3.63, 3.8) is 0 Å². The normalized spacial score (nSPS) is 12.2. The minimum atomic E-state index is -4.47. The number of hydrogen-bond donors (Lipinski definition) is 1. The number of hydrogen-bond acceptors (Lipinski definition) is 3. The first kappa shape index (κ1) is 19.3. The van der Waals surface area contributed by atoms with Gasteiger partial charge in [0, 0.05) is 6.54 Å². The van der Waals surface area contributed by atoms with Crippen molar-refractivity contribution >= 4 is 10.0 Å². The first-order valence-corrected chi connectivity index (χ1v) is 8.84. The standard InChI is InChI=1S/C17H18F3NO3S/c1-11-8-16(12(2)7-15(11)24-3)25(22,23)21-10-13-5-4-6-14(9-13)17(18,19)20/h4-9,21H,10H2,1-3H3. The lowest BCUT2D eigenvalue weighted by Crippen LogP contribution is -2.24. The second-order valence-corrected chi connectivity index (χ2v) is 7.35. The highest BCUT2D eigenvalue weighted by molar-refractivity contribution is 7.89. The Kier molecular flexibility index (Phi) is 5.43. The van der Waals surface area contributed by atoms with E-state index < -0.39 is 21.8 Å². The van der Waals surface area contributed by atoms with E-state index in [1.165, 1.54) is 25.3 Å². The van der Waals surface area contributed by atoms with Crippen LogP contribution < -0.4 is 9.46 Å². The zero-order chi connectivity index (χ0) is 18.8. The van der Waals surface area contributed by atoms with Gasteiger partial charge in [0.2, 0.25) is 10.0 Å². The van der Waals surface area contributed by atoms with E-state index in [-0.39, 0.29) is 17.0 Å². The molecule has 136 valence electrons. The molecule has 2 aromatic rings. The molecule has 0 bridgehead atoms. The van der Waals surface area contributed by atoms with Gasteiger partial charge in [-0.25, -0.2) is 13.1 Å². The molecule has 0 aliphatic rings. The Labute approximate surface area is 144 Å². The van der Waals surface area contributed by atoms with E-state index in [1.54, 1.807) is 19.9 Å². The number of sulfonamides is 1. The van der Waals surface area contributed by atoms with Crippen LogP contribution >= 0.6 is 0 Å². The summed E-state index contributed by atoms with van der Waals surface area (Å²) in [5, 5.41) is 0. The zero-order valence-electron chi connectivity index (χ0n) is 13.9. The van der Waals surface area contributed by atoms with Gasteiger partial charge in [-0.2, -0.15) is 13.2 Å². The molecule has 0 radical (unpaired) electrons. The minimum absolute atomic E-state index is 0.0674. The molecule has 0 aromatic heterocycles. The Morgan fingerprint density at radius 1 is 1.08 bits per heavy atom. The number of benzene rings is 2. The molecule has 4 nitrogen and oxygen atoms in total. The molecule has 0 heterocycles. The van der Waals surface area contributed by atoms with Crippen molar-refractivity contribution in [3.05, 3.63) is 58.7 Å². The second kappa shape index (κ2) is 7.05. The molecule has 2 rings (SSSR count). The van der Waals surface area contributed by atoms with E-state index in [9.17, 15) is 21.6 Å². The second-order valence-electron chi connectivity index (χ2n) is 5.61. The van der Waals surface area contributed by atoms with Gasteiger partial charge in [-0.05, 0) is 48.7 Å². The van der Waals surface area contributed by atoms with Crippen LogP contribution in [0.4, 0.5) is 13.2 Å². The van der Waals surface area contributed by atoms with Crippen molar-refractivity contribution in [2.24, 2.45) is 0 Å². The van der Waals surface area contributed by atoms with E-state index >= 15 is 0 Å². The third kappa shape index (κ3) is 4.52. The van der Waals surface area contributed by atoms with Crippen LogP contribution in [-0.2, 0) is 22.7 Å². The Bertz CT molecular complexity index is 877. The summed E-state index contributed by atoms with van der Waals surface area (Å²) in [6, 6.07) is 7.62. The van der Waals surface area contributed by atoms with Crippen LogP contribution in [0, 0.1) is 13.8 Å². The van der Waals surface area contributed by atoms with Crippen molar-refractivity contribution < 1.29 is 26.3 Å². The molecule has 0 atom stereocenters. The van der Waals surface area contributed by atoms with Gasteiger partial charge in [0.1, 0.15) is 5.75 Å². The Hall–Kier alpha value is -2.06. The van der Waals surface area contributed by atoms with Crippen molar-refractivity contribution in [2.45, 2.75) is 31.5 Å². The van der Waals surface area contributed by atoms with Crippen molar-refractivity contribution in [2.75, 3.05) is 7.11 Å². The van der Waals surface area contributed by atoms with Gasteiger partial charge >= 0.3 is 6.18 Å². The summed E-state index contributed by atoms with van der Waals surface area (Å²) in [5.74, 6) is 0.564. The summed E-state index contributed by atoms with van der Waals surface area (Å²) in [6.07, 6.45) is -4.47. The van der Waals surface area contributed by atoms with Gasteiger partial charge in [0.15, 0.2) is 0 Å². The fourth-order valence-corrected chi connectivity index (χ4v) is 3.71. The Balaban J connectivity index is 2.25. The van der Waals surface area contributed by atoms with Gasteiger partial charge in [-0.1, -0.05) is 18.2 Å². The first-order valence-electron chi connectivity index (χ1n) is 7.35. The molecule has 0 amide bonds. The maximum absolute atomic E-state index is 12.7. The maximum Gasteiger partial charge on any atom is 0.416 e. The monoisotopic (exact) mass is 373 g/mol. The van der Waals surface area contributed by atoms with Gasteiger partial charge in [-0.15, -0.1) is 0 Å². The van der Waals surface area contributed by atoms with E-state index in [4.69, 9.17) is 4.74 Å². The molecule has 0 aliphatic carbocycles. The third-order valence-electron chi connectivity index (χ3n) is 3.70. The predicted molar refractivity (Wildman–Crippen MR) is 87.9 cm³/mol. The Morgan fingerprint density at radius 3 is 2.36 bits per heavy atom. The number of nitrogens with one attached hydrogen (secondary N) is 1. The fraction of sp³-hybridized carbons (Fsp3) is 0.294. The van der Waals surface area contributed by atoms with Crippen LogP contribution in [0.2, 0.25) is 0 Å². The van der Waals surface area contributed by atoms with Crippen LogP contribution in [0.25, 0.3) is 0 Å². The molecule has 8 heteroatoms. The Morgan fingerprint density at radius 2 is 1.76 bits per heavy atom. The van der Waals surface area contributed by atoms with E-state index in [2.05, 4.69) is 4.72 Å². The van der Waals surface area contributed by atoms with E-state index in [1.807, 2.05) is 0 Å². The van der Waals surface area contributed by atoms with E-state index in [0.717, 1.165) is 12.1 Å². The molecule has 25 heavy (non-hydrogen) atoms. The van der Waals surface area contributed by atoms with Crippen molar-refractivity contribution in [1.82, 2.24) is 4.72 Å². The molecule has 0 spiro atoms. The van der Waals surface area contributed by atoms with Gasteiger partial charge in [-0.3, -0.25) is 0 Å². The molecule has 0 unspecified atom stereocenters. The topological polar surface area (TPSA) is 55.4 Å². The average molecular weight is 373 g/mol. The SMILES string of the molecule is COc1cc(C)c(S(=O)(=O)NCc2cccc(C(F)(F)F)c2)cc1C. The fourth-order valence-electron chi connectivity index (χ4n) is 2.39. The summed E-state index contributed by atoms with van der Waals surface area (Å²) < 4.78 is 70.6. The van der Waals surface area contributed by atoms with Gasteiger partial charge in [0.05, 0.1) is 17.6 Å². The third-order valence-corrected chi connectivity index (χ3v) is 5.25. The minimum Gasteiger partial charge on any atom is -0.496 e. The molecular weight excluding hydrogens is 355 g/mol. The molecule has 0 saturated carbocycles. The highest BCUT2D eigenvalue weighted by Gasteiger charge is 2.30. The molecule has 0 saturated heterocycles. The summed E-state index contributed by atoms with van der Waals surface area (Å²) in [5.41, 5.74) is 0.536. The lowest BCUT2D eigenvalue weighted by atomic mass is 10.1. The number of ether oxygens (including phenoxy) is 1. The number of halogens is 3. The maximum atomic E-state index is 12.7.